The fourth-order valence-corrected chi connectivity index (χ4v) is 2.82. The number of hydrogen-bond acceptors (Lipinski definition) is 5. The number of amides is 2. The Morgan fingerprint density at radius 3 is 2.45 bits per heavy atom. The molecule has 2 aliphatic heterocycles. The van der Waals surface area contributed by atoms with Gasteiger partial charge in [-0.3, -0.25) is 14.5 Å². The number of ether oxygens (including phenoxy) is 1. The molecule has 3 N–H and O–H groups in total. The molecule has 2 saturated heterocycles. The monoisotopic (exact) mass is 310 g/mol. The molecule has 22 heavy (non-hydrogen) atoms. The highest BCUT2D eigenvalue weighted by Gasteiger charge is 2.39. The van der Waals surface area contributed by atoms with Crippen LogP contribution in [-0.4, -0.2) is 79.6 Å². The molecule has 7 heteroatoms. The first-order chi connectivity index (χ1) is 10.5. The average molecular weight is 310 g/mol. The summed E-state index contributed by atoms with van der Waals surface area (Å²) in [6, 6.07) is 0. The molecule has 0 atom stereocenters. The molecule has 2 rings (SSSR count). The fourth-order valence-electron chi connectivity index (χ4n) is 2.82. The van der Waals surface area contributed by atoms with Crippen LogP contribution in [0.1, 0.15) is 12.8 Å². The molecule has 0 spiro atoms. The van der Waals surface area contributed by atoms with Crippen LogP contribution < -0.4 is 11.1 Å². The molecule has 0 aliphatic carbocycles. The van der Waals surface area contributed by atoms with E-state index in [9.17, 15) is 9.59 Å². The van der Waals surface area contributed by atoms with E-state index in [-0.39, 0.29) is 11.8 Å². The van der Waals surface area contributed by atoms with Gasteiger partial charge in [-0.1, -0.05) is 6.08 Å². The lowest BCUT2D eigenvalue weighted by atomic mass is 9.89. The fraction of sp³-hybridized carbons (Fsp3) is 0.733. The number of nitrogens with two attached hydrogens (primary N) is 1. The molecular weight excluding hydrogens is 284 g/mol. The molecule has 0 aromatic carbocycles. The van der Waals surface area contributed by atoms with Crippen molar-refractivity contribution in [3.63, 3.8) is 0 Å². The van der Waals surface area contributed by atoms with Crippen LogP contribution in [0, 0.1) is 0 Å². The summed E-state index contributed by atoms with van der Waals surface area (Å²) in [6.45, 7) is 8.13. The summed E-state index contributed by atoms with van der Waals surface area (Å²) < 4.78 is 5.28. The Hall–Kier alpha value is -1.44. The molecule has 2 amide bonds. The lowest BCUT2D eigenvalue weighted by molar-refractivity contribution is -0.142. The van der Waals surface area contributed by atoms with E-state index in [1.54, 1.807) is 6.08 Å². The van der Waals surface area contributed by atoms with Crippen molar-refractivity contribution in [3.8, 4) is 0 Å². The van der Waals surface area contributed by atoms with Crippen molar-refractivity contribution in [2.75, 3.05) is 52.5 Å². The van der Waals surface area contributed by atoms with Gasteiger partial charge in [0.25, 0.3) is 0 Å². The van der Waals surface area contributed by atoms with E-state index >= 15 is 0 Å². The lowest BCUT2D eigenvalue weighted by Crippen LogP contribution is -2.61. The van der Waals surface area contributed by atoms with Crippen molar-refractivity contribution in [3.05, 3.63) is 12.7 Å². The van der Waals surface area contributed by atoms with Crippen LogP contribution in [0.25, 0.3) is 0 Å². The normalized spacial score (nSPS) is 22.1. The van der Waals surface area contributed by atoms with Crippen LogP contribution in [0.4, 0.5) is 0 Å². The summed E-state index contributed by atoms with van der Waals surface area (Å²) in [5.74, 6) is 0.00552. The summed E-state index contributed by atoms with van der Waals surface area (Å²) in [6.07, 6.45) is 2.81. The maximum absolute atomic E-state index is 12.6. The zero-order valence-electron chi connectivity index (χ0n) is 13.1. The highest BCUT2D eigenvalue weighted by Crippen LogP contribution is 2.21. The quantitative estimate of drug-likeness (QED) is 0.632. The summed E-state index contributed by atoms with van der Waals surface area (Å²) in [5, 5.41) is 2.76. The van der Waals surface area contributed by atoms with Gasteiger partial charge in [0.1, 0.15) is 0 Å². The summed E-state index contributed by atoms with van der Waals surface area (Å²) in [5.41, 5.74) is 5.47. The number of carbonyl (C=O) groups is 2. The molecule has 2 heterocycles. The first kappa shape index (κ1) is 16.9. The molecule has 7 nitrogen and oxygen atoms in total. The van der Waals surface area contributed by atoms with Gasteiger partial charge in [-0.25, -0.2) is 0 Å². The molecule has 124 valence electrons. The molecular formula is C15H26N4O3. The van der Waals surface area contributed by atoms with Crippen LogP contribution >= 0.6 is 0 Å². The Morgan fingerprint density at radius 1 is 1.23 bits per heavy atom. The van der Waals surface area contributed by atoms with E-state index < -0.39 is 5.54 Å². The van der Waals surface area contributed by atoms with Crippen molar-refractivity contribution in [2.24, 2.45) is 5.73 Å². The van der Waals surface area contributed by atoms with Crippen molar-refractivity contribution in [1.82, 2.24) is 15.1 Å². The largest absolute Gasteiger partial charge is 0.381 e. The van der Waals surface area contributed by atoms with E-state index in [0.717, 1.165) is 0 Å². The second kappa shape index (κ2) is 7.71. The maximum Gasteiger partial charge on any atom is 0.242 e. The third-order valence-corrected chi connectivity index (χ3v) is 4.28. The Labute approximate surface area is 131 Å². The lowest BCUT2D eigenvalue weighted by Gasteiger charge is -2.40. The van der Waals surface area contributed by atoms with Gasteiger partial charge < -0.3 is 20.7 Å². The first-order valence-electron chi connectivity index (χ1n) is 7.81. The highest BCUT2D eigenvalue weighted by atomic mass is 16.5. The number of nitrogens with zero attached hydrogens (tertiary/aromatic N) is 2. The molecule has 0 radical (unpaired) electrons. The highest BCUT2D eigenvalue weighted by molar-refractivity contribution is 5.86. The average Bonchev–Trinajstić information content (AvgIpc) is 2.53. The van der Waals surface area contributed by atoms with Crippen LogP contribution in [-0.2, 0) is 14.3 Å². The Balaban J connectivity index is 1.77. The molecule has 2 fully saturated rings. The molecule has 2 aliphatic rings. The van der Waals surface area contributed by atoms with Gasteiger partial charge in [0.2, 0.25) is 11.8 Å². The van der Waals surface area contributed by atoms with Crippen molar-refractivity contribution in [1.29, 1.82) is 0 Å². The zero-order valence-corrected chi connectivity index (χ0v) is 13.1. The molecule has 0 bridgehead atoms. The topological polar surface area (TPSA) is 87.9 Å². The van der Waals surface area contributed by atoms with Crippen LogP contribution in [0.3, 0.4) is 0 Å². The minimum Gasteiger partial charge on any atom is -0.381 e. The molecule has 0 aromatic rings. The predicted molar refractivity (Wildman–Crippen MR) is 83.2 cm³/mol. The van der Waals surface area contributed by atoms with Crippen molar-refractivity contribution < 1.29 is 14.3 Å². The smallest absolute Gasteiger partial charge is 0.242 e. The van der Waals surface area contributed by atoms with E-state index in [1.165, 1.54) is 0 Å². The Bertz CT molecular complexity index is 413. The van der Waals surface area contributed by atoms with Crippen molar-refractivity contribution in [2.45, 2.75) is 18.4 Å². The zero-order chi connectivity index (χ0) is 16.0. The van der Waals surface area contributed by atoms with Crippen LogP contribution in [0.2, 0.25) is 0 Å². The maximum atomic E-state index is 12.6. The van der Waals surface area contributed by atoms with Gasteiger partial charge in [-0.2, -0.15) is 0 Å². The van der Waals surface area contributed by atoms with Crippen molar-refractivity contribution >= 4 is 11.8 Å². The number of rotatable bonds is 5. The molecule has 0 saturated carbocycles. The van der Waals surface area contributed by atoms with E-state index in [1.807, 2.05) is 4.90 Å². The minimum absolute atomic E-state index is 0.0144. The van der Waals surface area contributed by atoms with Crippen LogP contribution in [0.5, 0.6) is 0 Å². The Kier molecular flexibility index (Phi) is 5.93. The summed E-state index contributed by atoms with van der Waals surface area (Å²) in [4.78, 5) is 28.1. The third-order valence-electron chi connectivity index (χ3n) is 4.28. The van der Waals surface area contributed by atoms with Gasteiger partial charge in [-0.05, 0) is 12.8 Å². The van der Waals surface area contributed by atoms with Gasteiger partial charge in [0.05, 0.1) is 12.1 Å². The predicted octanol–water partition coefficient (Wildman–Crippen LogP) is -1.06. The van der Waals surface area contributed by atoms with E-state index in [2.05, 4.69) is 16.8 Å². The first-order valence-corrected chi connectivity index (χ1v) is 7.81. The second-order valence-corrected chi connectivity index (χ2v) is 5.93. The number of piperazine rings is 1. The number of nitrogens with one attached hydrogen (secondary N) is 1. The second-order valence-electron chi connectivity index (χ2n) is 5.93. The van der Waals surface area contributed by atoms with Gasteiger partial charge in [-0.15, -0.1) is 6.58 Å². The van der Waals surface area contributed by atoms with Gasteiger partial charge >= 0.3 is 0 Å². The SMILES string of the molecule is C=CCNC(=O)CN1CCN(C(=O)C2(N)CCOCC2)CC1. The number of hydrogen-bond donors (Lipinski definition) is 2. The van der Waals surface area contributed by atoms with E-state index in [0.29, 0.717) is 65.3 Å². The van der Waals surface area contributed by atoms with Gasteiger partial charge in [0, 0.05) is 45.9 Å². The van der Waals surface area contributed by atoms with E-state index in [4.69, 9.17) is 10.5 Å². The third kappa shape index (κ3) is 4.28. The number of carbonyl (C=O) groups excluding carboxylic acids is 2. The van der Waals surface area contributed by atoms with Gasteiger partial charge in [0.15, 0.2) is 0 Å². The molecule has 0 unspecified atom stereocenters. The minimum atomic E-state index is -0.776. The van der Waals surface area contributed by atoms with Crippen LogP contribution in [0.15, 0.2) is 12.7 Å². The Morgan fingerprint density at radius 2 is 1.86 bits per heavy atom. The standard InChI is InChI=1S/C15H26N4O3/c1-2-5-17-13(20)12-18-6-8-19(9-7-18)14(21)15(16)3-10-22-11-4-15/h2H,1,3-12,16H2,(H,17,20). The summed E-state index contributed by atoms with van der Waals surface area (Å²) >= 11 is 0. The molecule has 0 aromatic heterocycles. The summed E-state index contributed by atoms with van der Waals surface area (Å²) in [7, 11) is 0.